The van der Waals surface area contributed by atoms with Crippen molar-refractivity contribution < 1.29 is 5.11 Å². The van der Waals surface area contributed by atoms with Crippen LogP contribution in [0.3, 0.4) is 0 Å². The lowest BCUT2D eigenvalue weighted by molar-refractivity contribution is 0.281. The number of aliphatic hydroxyl groups is 1. The van der Waals surface area contributed by atoms with Gasteiger partial charge in [-0.05, 0) is 35.7 Å². The van der Waals surface area contributed by atoms with Crippen LogP contribution in [0.1, 0.15) is 24.5 Å². The summed E-state index contributed by atoms with van der Waals surface area (Å²) in [6, 6.07) is 8.32. The molecule has 2 aromatic rings. The van der Waals surface area contributed by atoms with E-state index >= 15 is 0 Å². The second-order valence-corrected chi connectivity index (χ2v) is 3.78. The fourth-order valence-electron chi connectivity index (χ4n) is 1.76. The molecule has 0 aliphatic rings. The first-order chi connectivity index (χ1) is 7.33. The summed E-state index contributed by atoms with van der Waals surface area (Å²) in [6.45, 7) is 2.23. The van der Waals surface area contributed by atoms with E-state index in [1.165, 1.54) is 5.56 Å². The van der Waals surface area contributed by atoms with Gasteiger partial charge in [0, 0.05) is 11.6 Å². The van der Waals surface area contributed by atoms with E-state index in [1.807, 2.05) is 12.1 Å². The van der Waals surface area contributed by atoms with Crippen LogP contribution in [0.4, 0.5) is 0 Å². The van der Waals surface area contributed by atoms with Crippen LogP contribution in [0, 0.1) is 0 Å². The van der Waals surface area contributed by atoms with Gasteiger partial charge < -0.3 is 5.11 Å². The third-order valence-corrected chi connectivity index (χ3v) is 2.52. The molecule has 2 rings (SSSR count). The normalized spacial score (nSPS) is 10.8. The molecule has 2 nitrogen and oxygen atoms in total. The van der Waals surface area contributed by atoms with Gasteiger partial charge in [0.05, 0.1) is 12.1 Å². The van der Waals surface area contributed by atoms with Crippen molar-refractivity contribution in [1.29, 1.82) is 0 Å². The molecular weight excluding hydrogens is 186 g/mol. The van der Waals surface area contributed by atoms with Crippen molar-refractivity contribution in [3.05, 3.63) is 41.6 Å². The van der Waals surface area contributed by atoms with E-state index in [0.717, 1.165) is 29.3 Å². The van der Waals surface area contributed by atoms with Crippen LogP contribution in [0.15, 0.2) is 30.5 Å². The zero-order valence-corrected chi connectivity index (χ0v) is 8.90. The first-order valence-electron chi connectivity index (χ1n) is 5.32. The lowest BCUT2D eigenvalue weighted by Crippen LogP contribution is -1.88. The molecule has 0 unspecified atom stereocenters. The van der Waals surface area contributed by atoms with Crippen molar-refractivity contribution in [2.24, 2.45) is 0 Å². The lowest BCUT2D eigenvalue weighted by atomic mass is 10.1. The van der Waals surface area contributed by atoms with Gasteiger partial charge in [-0.15, -0.1) is 0 Å². The molecule has 0 atom stereocenters. The Kier molecular flexibility index (Phi) is 2.97. The molecule has 0 saturated carbocycles. The average Bonchev–Trinajstić information content (AvgIpc) is 2.28. The van der Waals surface area contributed by atoms with Crippen LogP contribution < -0.4 is 0 Å². The van der Waals surface area contributed by atoms with Crippen molar-refractivity contribution in [3.63, 3.8) is 0 Å². The Labute approximate surface area is 89.6 Å². The van der Waals surface area contributed by atoms with Gasteiger partial charge in [-0.2, -0.15) is 0 Å². The molecule has 1 aromatic carbocycles. The van der Waals surface area contributed by atoms with Crippen LogP contribution >= 0.6 is 0 Å². The summed E-state index contributed by atoms with van der Waals surface area (Å²) in [6.07, 6.45) is 3.97. The quantitative estimate of drug-likeness (QED) is 0.828. The summed E-state index contributed by atoms with van der Waals surface area (Å²) in [5.74, 6) is 0. The Morgan fingerprint density at radius 2 is 2.00 bits per heavy atom. The maximum absolute atomic E-state index is 9.03. The Hall–Kier alpha value is -1.41. The predicted molar refractivity (Wildman–Crippen MR) is 61.7 cm³/mol. The van der Waals surface area contributed by atoms with Crippen molar-refractivity contribution in [3.8, 4) is 0 Å². The van der Waals surface area contributed by atoms with Crippen LogP contribution in [0.5, 0.6) is 0 Å². The molecule has 0 saturated heterocycles. The fraction of sp³-hybridized carbons (Fsp3) is 0.308. The van der Waals surface area contributed by atoms with E-state index in [9.17, 15) is 0 Å². The molecular formula is C13H15NO. The summed E-state index contributed by atoms with van der Waals surface area (Å²) < 4.78 is 0. The van der Waals surface area contributed by atoms with Crippen molar-refractivity contribution in [2.75, 3.05) is 0 Å². The molecule has 0 spiro atoms. The zero-order valence-electron chi connectivity index (χ0n) is 8.90. The number of aromatic nitrogens is 1. The van der Waals surface area contributed by atoms with E-state index in [2.05, 4.69) is 24.0 Å². The molecule has 2 heteroatoms. The molecule has 1 heterocycles. The van der Waals surface area contributed by atoms with Gasteiger partial charge in [-0.25, -0.2) is 0 Å². The Morgan fingerprint density at radius 3 is 2.73 bits per heavy atom. The van der Waals surface area contributed by atoms with Gasteiger partial charge >= 0.3 is 0 Å². The minimum Gasteiger partial charge on any atom is -0.392 e. The van der Waals surface area contributed by atoms with Gasteiger partial charge in [-0.3, -0.25) is 4.98 Å². The van der Waals surface area contributed by atoms with E-state index < -0.39 is 0 Å². The smallest absolute Gasteiger partial charge is 0.0702 e. The van der Waals surface area contributed by atoms with Gasteiger partial charge in [0.1, 0.15) is 0 Å². The largest absolute Gasteiger partial charge is 0.392 e. The Morgan fingerprint density at radius 1 is 1.20 bits per heavy atom. The number of fused-ring (bicyclic) bond motifs is 1. The maximum Gasteiger partial charge on any atom is 0.0702 e. The average molecular weight is 201 g/mol. The topological polar surface area (TPSA) is 33.1 Å². The lowest BCUT2D eigenvalue weighted by Gasteiger charge is -2.03. The summed E-state index contributed by atoms with van der Waals surface area (Å²) >= 11 is 0. The number of nitrogens with zero attached hydrogens (tertiary/aromatic N) is 1. The summed E-state index contributed by atoms with van der Waals surface area (Å²) in [5.41, 5.74) is 3.20. The Bertz CT molecular complexity index is 465. The van der Waals surface area contributed by atoms with Gasteiger partial charge in [0.2, 0.25) is 0 Å². The summed E-state index contributed by atoms with van der Waals surface area (Å²) in [7, 11) is 0. The van der Waals surface area contributed by atoms with Crippen molar-refractivity contribution in [1.82, 2.24) is 4.98 Å². The van der Waals surface area contributed by atoms with Crippen LogP contribution in [-0.2, 0) is 13.0 Å². The van der Waals surface area contributed by atoms with E-state index in [0.29, 0.717) is 0 Å². The number of hydrogen-bond donors (Lipinski definition) is 1. The highest BCUT2D eigenvalue weighted by atomic mass is 16.3. The highest BCUT2D eigenvalue weighted by Gasteiger charge is 1.98. The maximum atomic E-state index is 9.03. The number of benzene rings is 1. The summed E-state index contributed by atoms with van der Waals surface area (Å²) in [4.78, 5) is 4.29. The number of aryl methyl sites for hydroxylation is 1. The molecule has 1 N–H and O–H groups in total. The van der Waals surface area contributed by atoms with Crippen LogP contribution in [-0.4, -0.2) is 10.1 Å². The van der Waals surface area contributed by atoms with E-state index in [-0.39, 0.29) is 6.61 Å². The summed E-state index contributed by atoms with van der Waals surface area (Å²) in [5, 5.41) is 10.1. The molecule has 15 heavy (non-hydrogen) atoms. The number of pyridine rings is 1. The monoisotopic (exact) mass is 201 g/mol. The number of hydrogen-bond acceptors (Lipinski definition) is 2. The molecule has 0 radical (unpaired) electrons. The SMILES string of the molecule is CCCc1ccc2ncc(CO)cc2c1. The van der Waals surface area contributed by atoms with Gasteiger partial charge in [0.15, 0.2) is 0 Å². The molecule has 1 aromatic heterocycles. The zero-order chi connectivity index (χ0) is 10.7. The predicted octanol–water partition coefficient (Wildman–Crippen LogP) is 2.68. The second-order valence-electron chi connectivity index (χ2n) is 3.78. The highest BCUT2D eigenvalue weighted by Crippen LogP contribution is 2.16. The molecule has 0 bridgehead atoms. The van der Waals surface area contributed by atoms with E-state index in [4.69, 9.17) is 5.11 Å². The van der Waals surface area contributed by atoms with Gasteiger partial charge in [0.25, 0.3) is 0 Å². The first kappa shape index (κ1) is 10.1. The third kappa shape index (κ3) is 2.16. The highest BCUT2D eigenvalue weighted by molar-refractivity contribution is 5.79. The molecule has 0 fully saturated rings. The minimum absolute atomic E-state index is 0.0565. The minimum atomic E-state index is 0.0565. The van der Waals surface area contributed by atoms with Crippen molar-refractivity contribution in [2.45, 2.75) is 26.4 Å². The standard InChI is InChI=1S/C13H15NO/c1-2-3-10-4-5-13-12(6-10)7-11(9-15)8-14-13/h4-8,15H,2-3,9H2,1H3. The second kappa shape index (κ2) is 4.41. The molecule has 78 valence electrons. The Balaban J connectivity index is 2.48. The first-order valence-corrected chi connectivity index (χ1v) is 5.32. The molecule has 0 aliphatic carbocycles. The van der Waals surface area contributed by atoms with Crippen LogP contribution in [0.2, 0.25) is 0 Å². The van der Waals surface area contributed by atoms with Crippen molar-refractivity contribution >= 4 is 10.9 Å². The number of rotatable bonds is 3. The molecule has 0 amide bonds. The fourth-order valence-corrected chi connectivity index (χ4v) is 1.76. The third-order valence-electron chi connectivity index (χ3n) is 2.52. The van der Waals surface area contributed by atoms with Crippen LogP contribution in [0.25, 0.3) is 10.9 Å². The number of aliphatic hydroxyl groups excluding tert-OH is 1. The molecule has 0 aliphatic heterocycles. The van der Waals surface area contributed by atoms with Gasteiger partial charge in [-0.1, -0.05) is 19.4 Å². The van der Waals surface area contributed by atoms with E-state index in [1.54, 1.807) is 6.20 Å².